The number of hydrogen-bond acceptors (Lipinski definition) is 3. The van der Waals surface area contributed by atoms with E-state index < -0.39 is 0 Å². The van der Waals surface area contributed by atoms with Gasteiger partial charge in [0.25, 0.3) is 0 Å². The van der Waals surface area contributed by atoms with Crippen LogP contribution in [0.5, 0.6) is 5.75 Å². The normalized spacial score (nSPS) is 12.4. The van der Waals surface area contributed by atoms with Crippen molar-refractivity contribution < 1.29 is 9.84 Å². The first-order chi connectivity index (χ1) is 8.30. The Kier molecular flexibility index (Phi) is 6.67. The van der Waals surface area contributed by atoms with Crippen LogP contribution >= 0.6 is 0 Å². The van der Waals surface area contributed by atoms with Crippen LogP contribution in [0.25, 0.3) is 0 Å². The van der Waals surface area contributed by atoms with Gasteiger partial charge in [-0.1, -0.05) is 25.5 Å². The summed E-state index contributed by atoms with van der Waals surface area (Å²) in [6.07, 6.45) is 1.98. The van der Waals surface area contributed by atoms with E-state index in [0.29, 0.717) is 5.92 Å². The van der Waals surface area contributed by atoms with Gasteiger partial charge in [0.15, 0.2) is 0 Å². The molecule has 0 fully saturated rings. The Labute approximate surface area is 104 Å². The molecule has 0 saturated heterocycles. The average Bonchev–Trinajstić information content (AvgIpc) is 2.38. The van der Waals surface area contributed by atoms with Crippen molar-refractivity contribution >= 4 is 0 Å². The minimum absolute atomic E-state index is 0.277. The summed E-state index contributed by atoms with van der Waals surface area (Å²) in [5.74, 6) is 1.46. The molecule has 3 nitrogen and oxygen atoms in total. The summed E-state index contributed by atoms with van der Waals surface area (Å²) in [5, 5.41) is 12.3. The van der Waals surface area contributed by atoms with Gasteiger partial charge in [-0.3, -0.25) is 0 Å². The van der Waals surface area contributed by atoms with Crippen LogP contribution in [0.4, 0.5) is 0 Å². The van der Waals surface area contributed by atoms with Crippen molar-refractivity contribution in [1.82, 2.24) is 5.32 Å². The molecule has 0 spiro atoms. The summed E-state index contributed by atoms with van der Waals surface area (Å²) < 4.78 is 5.18. The molecule has 1 aromatic rings. The van der Waals surface area contributed by atoms with E-state index in [-0.39, 0.29) is 6.61 Å². The molecule has 0 aliphatic heterocycles. The Bertz CT molecular complexity index is 315. The molecule has 0 aliphatic rings. The van der Waals surface area contributed by atoms with Crippen LogP contribution in [0.1, 0.15) is 25.3 Å². The molecule has 17 heavy (non-hydrogen) atoms. The van der Waals surface area contributed by atoms with Gasteiger partial charge in [-0.2, -0.15) is 0 Å². The van der Waals surface area contributed by atoms with E-state index in [1.54, 1.807) is 7.11 Å². The fraction of sp³-hybridized carbons (Fsp3) is 0.571. The van der Waals surface area contributed by atoms with Gasteiger partial charge < -0.3 is 15.2 Å². The maximum atomic E-state index is 8.91. The Morgan fingerprint density at radius 3 is 2.88 bits per heavy atom. The lowest BCUT2D eigenvalue weighted by Crippen LogP contribution is -2.22. The molecule has 0 saturated carbocycles. The van der Waals surface area contributed by atoms with Crippen molar-refractivity contribution in [3.63, 3.8) is 0 Å². The van der Waals surface area contributed by atoms with Crippen molar-refractivity contribution in [2.24, 2.45) is 5.92 Å². The van der Waals surface area contributed by atoms with Gasteiger partial charge in [-0.25, -0.2) is 0 Å². The highest BCUT2D eigenvalue weighted by atomic mass is 16.5. The molecular formula is C14H23NO2. The van der Waals surface area contributed by atoms with Crippen molar-refractivity contribution in [1.29, 1.82) is 0 Å². The molecule has 1 aromatic carbocycles. The van der Waals surface area contributed by atoms with E-state index in [9.17, 15) is 0 Å². The summed E-state index contributed by atoms with van der Waals surface area (Å²) in [6, 6.07) is 8.08. The second-order valence-corrected chi connectivity index (χ2v) is 4.27. The van der Waals surface area contributed by atoms with Gasteiger partial charge in [-0.05, 0) is 36.6 Å². The zero-order valence-corrected chi connectivity index (χ0v) is 10.8. The predicted octanol–water partition coefficient (Wildman–Crippen LogP) is 2.19. The lowest BCUT2D eigenvalue weighted by atomic mass is 10.0. The maximum absolute atomic E-state index is 8.91. The molecule has 1 atom stereocenters. The molecule has 0 aliphatic carbocycles. The Morgan fingerprint density at radius 2 is 2.24 bits per heavy atom. The standard InChI is InChI=1S/C14H23NO2/c1-3-12(7-8-16)10-15-11-13-5-4-6-14(9-13)17-2/h4-6,9,12,15-16H,3,7-8,10-11H2,1-2H3. The van der Waals surface area contributed by atoms with Gasteiger partial charge >= 0.3 is 0 Å². The molecule has 1 rings (SSSR count). The Hall–Kier alpha value is -1.06. The van der Waals surface area contributed by atoms with Crippen LogP contribution in [0.3, 0.4) is 0 Å². The summed E-state index contributed by atoms with van der Waals surface area (Å²) in [7, 11) is 1.68. The van der Waals surface area contributed by atoms with Crippen molar-refractivity contribution in [3.05, 3.63) is 29.8 Å². The van der Waals surface area contributed by atoms with E-state index in [4.69, 9.17) is 9.84 Å². The molecule has 1 unspecified atom stereocenters. The van der Waals surface area contributed by atoms with Crippen LogP contribution in [-0.4, -0.2) is 25.4 Å². The average molecular weight is 237 g/mol. The van der Waals surface area contributed by atoms with E-state index in [0.717, 1.165) is 31.7 Å². The Morgan fingerprint density at radius 1 is 1.41 bits per heavy atom. The number of rotatable bonds is 8. The quantitative estimate of drug-likeness (QED) is 0.728. The fourth-order valence-corrected chi connectivity index (χ4v) is 1.84. The predicted molar refractivity (Wildman–Crippen MR) is 70.2 cm³/mol. The van der Waals surface area contributed by atoms with E-state index in [1.165, 1.54) is 5.56 Å². The highest BCUT2D eigenvalue weighted by Gasteiger charge is 2.04. The van der Waals surface area contributed by atoms with Gasteiger partial charge in [0.2, 0.25) is 0 Å². The second-order valence-electron chi connectivity index (χ2n) is 4.27. The van der Waals surface area contributed by atoms with Gasteiger partial charge in [0.05, 0.1) is 7.11 Å². The number of ether oxygens (including phenoxy) is 1. The van der Waals surface area contributed by atoms with Crippen LogP contribution in [-0.2, 0) is 6.54 Å². The molecule has 0 bridgehead atoms. The first-order valence-corrected chi connectivity index (χ1v) is 6.24. The van der Waals surface area contributed by atoms with Crippen LogP contribution < -0.4 is 10.1 Å². The lowest BCUT2D eigenvalue weighted by Gasteiger charge is -2.14. The fourth-order valence-electron chi connectivity index (χ4n) is 1.84. The molecule has 96 valence electrons. The molecule has 3 heteroatoms. The number of nitrogens with one attached hydrogen (secondary N) is 1. The number of aliphatic hydroxyl groups is 1. The van der Waals surface area contributed by atoms with Gasteiger partial charge in [-0.15, -0.1) is 0 Å². The van der Waals surface area contributed by atoms with Gasteiger partial charge in [0, 0.05) is 13.2 Å². The number of hydrogen-bond donors (Lipinski definition) is 2. The summed E-state index contributed by atoms with van der Waals surface area (Å²) >= 11 is 0. The van der Waals surface area contributed by atoms with E-state index in [1.807, 2.05) is 18.2 Å². The zero-order chi connectivity index (χ0) is 12.5. The number of methoxy groups -OCH3 is 1. The minimum atomic E-state index is 0.277. The first kappa shape index (κ1) is 14.0. The molecule has 0 heterocycles. The molecule has 0 aromatic heterocycles. The number of benzene rings is 1. The molecule has 0 radical (unpaired) electrons. The third kappa shape index (κ3) is 5.20. The zero-order valence-electron chi connectivity index (χ0n) is 10.8. The number of aliphatic hydroxyl groups excluding tert-OH is 1. The highest BCUT2D eigenvalue weighted by molar-refractivity contribution is 5.28. The van der Waals surface area contributed by atoms with Crippen LogP contribution in [0.2, 0.25) is 0 Å². The highest BCUT2D eigenvalue weighted by Crippen LogP contribution is 2.12. The smallest absolute Gasteiger partial charge is 0.119 e. The largest absolute Gasteiger partial charge is 0.497 e. The topological polar surface area (TPSA) is 41.5 Å². The Balaban J connectivity index is 2.34. The van der Waals surface area contributed by atoms with Crippen molar-refractivity contribution in [2.75, 3.05) is 20.3 Å². The van der Waals surface area contributed by atoms with Crippen molar-refractivity contribution in [3.8, 4) is 5.75 Å². The van der Waals surface area contributed by atoms with Crippen LogP contribution in [0, 0.1) is 5.92 Å². The second kappa shape index (κ2) is 8.09. The van der Waals surface area contributed by atoms with E-state index in [2.05, 4.69) is 18.3 Å². The SMILES string of the molecule is CCC(CCO)CNCc1cccc(OC)c1. The van der Waals surface area contributed by atoms with E-state index >= 15 is 0 Å². The summed E-state index contributed by atoms with van der Waals surface area (Å²) in [6.45, 7) is 4.24. The van der Waals surface area contributed by atoms with Crippen molar-refractivity contribution in [2.45, 2.75) is 26.3 Å². The third-order valence-corrected chi connectivity index (χ3v) is 3.01. The van der Waals surface area contributed by atoms with Gasteiger partial charge in [0.1, 0.15) is 5.75 Å². The lowest BCUT2D eigenvalue weighted by molar-refractivity contribution is 0.251. The molecule has 2 N–H and O–H groups in total. The third-order valence-electron chi connectivity index (χ3n) is 3.01. The van der Waals surface area contributed by atoms with Crippen LogP contribution in [0.15, 0.2) is 24.3 Å². The minimum Gasteiger partial charge on any atom is -0.497 e. The maximum Gasteiger partial charge on any atom is 0.119 e. The summed E-state index contributed by atoms with van der Waals surface area (Å²) in [4.78, 5) is 0. The summed E-state index contributed by atoms with van der Waals surface area (Å²) in [5.41, 5.74) is 1.23. The molecular weight excluding hydrogens is 214 g/mol. The monoisotopic (exact) mass is 237 g/mol. The first-order valence-electron chi connectivity index (χ1n) is 6.24. The molecule has 0 amide bonds.